The van der Waals surface area contributed by atoms with E-state index in [1.54, 1.807) is 0 Å². The molecule has 1 aromatic carbocycles. The first-order chi connectivity index (χ1) is 9.40. The molecule has 5 N–H and O–H groups in total. The lowest BCUT2D eigenvalue weighted by Gasteiger charge is -2.34. The van der Waals surface area contributed by atoms with E-state index in [0.717, 1.165) is 12.1 Å². The van der Waals surface area contributed by atoms with Crippen LogP contribution < -0.4 is 0 Å². The smallest absolute Gasteiger partial charge is 0.340 e. The number of rotatable bonds is 2. The summed E-state index contributed by atoms with van der Waals surface area (Å²) >= 11 is 0. The van der Waals surface area contributed by atoms with Crippen molar-refractivity contribution in [2.45, 2.75) is 24.6 Å². The zero-order valence-corrected chi connectivity index (χ0v) is 10.2. The van der Waals surface area contributed by atoms with Gasteiger partial charge in [0.15, 0.2) is 11.5 Å². The van der Waals surface area contributed by atoms with Crippen LogP contribution in [0.25, 0.3) is 0 Å². The number of aliphatic hydroxyl groups is 3. The molecule has 20 heavy (non-hydrogen) atoms. The summed E-state index contributed by atoms with van der Waals surface area (Å²) in [7, 11) is 0. The standard InChI is InChI=1S/C12H14O8/c13-6-2-1-5(3-7(6)14)11(18)20-12-10(17)9(16)8(15)4-19-12/h1-3,8-10,12-17H,4H2/t8-,9+,10-,12-/m1/s1. The first kappa shape index (κ1) is 14.5. The maximum absolute atomic E-state index is 11.8. The fourth-order valence-electron chi connectivity index (χ4n) is 1.71. The van der Waals surface area contributed by atoms with Crippen LogP contribution in [0.1, 0.15) is 10.4 Å². The molecule has 1 saturated heterocycles. The van der Waals surface area contributed by atoms with Gasteiger partial charge < -0.3 is 35.0 Å². The molecule has 1 fully saturated rings. The molecule has 0 saturated carbocycles. The maximum atomic E-state index is 11.8. The van der Waals surface area contributed by atoms with Gasteiger partial charge in [-0.15, -0.1) is 0 Å². The SMILES string of the molecule is O=C(O[C@H]1OC[C@@H](O)[C@H](O)[C@H]1O)c1ccc(O)c(O)c1. The Balaban J connectivity index is 2.06. The third kappa shape index (κ3) is 2.83. The Bertz CT molecular complexity index is 502. The molecule has 8 heteroatoms. The Hall–Kier alpha value is -1.87. The fraction of sp³-hybridized carbons (Fsp3) is 0.417. The minimum atomic E-state index is -1.59. The Morgan fingerprint density at radius 1 is 1.15 bits per heavy atom. The number of esters is 1. The summed E-state index contributed by atoms with van der Waals surface area (Å²) in [5.74, 6) is -1.82. The molecule has 0 amide bonds. The largest absolute Gasteiger partial charge is 0.504 e. The van der Waals surface area contributed by atoms with Gasteiger partial charge in [-0.2, -0.15) is 0 Å². The van der Waals surface area contributed by atoms with E-state index in [2.05, 4.69) is 0 Å². The second-order valence-corrected chi connectivity index (χ2v) is 4.36. The number of carbonyl (C=O) groups is 1. The predicted octanol–water partition coefficient (Wildman–Crippen LogP) is -1.31. The molecule has 0 aliphatic carbocycles. The Morgan fingerprint density at radius 3 is 2.50 bits per heavy atom. The number of benzene rings is 1. The van der Waals surface area contributed by atoms with Gasteiger partial charge in [0.2, 0.25) is 6.29 Å². The van der Waals surface area contributed by atoms with Gasteiger partial charge in [-0.1, -0.05) is 0 Å². The van der Waals surface area contributed by atoms with Crippen molar-refractivity contribution in [3.63, 3.8) is 0 Å². The van der Waals surface area contributed by atoms with Crippen molar-refractivity contribution in [1.29, 1.82) is 0 Å². The van der Waals surface area contributed by atoms with Crippen molar-refractivity contribution in [1.82, 2.24) is 0 Å². The molecular weight excluding hydrogens is 272 g/mol. The molecule has 0 aromatic heterocycles. The number of carbonyl (C=O) groups excluding carboxylic acids is 1. The lowest BCUT2D eigenvalue weighted by molar-refractivity contribution is -0.251. The highest BCUT2D eigenvalue weighted by atomic mass is 16.7. The van der Waals surface area contributed by atoms with Gasteiger partial charge in [0, 0.05) is 0 Å². The van der Waals surface area contributed by atoms with Crippen molar-refractivity contribution in [2.24, 2.45) is 0 Å². The monoisotopic (exact) mass is 286 g/mol. The van der Waals surface area contributed by atoms with Gasteiger partial charge in [0.05, 0.1) is 12.2 Å². The zero-order valence-electron chi connectivity index (χ0n) is 10.2. The summed E-state index contributed by atoms with van der Waals surface area (Å²) in [5, 5.41) is 46.7. The van der Waals surface area contributed by atoms with Crippen LogP contribution in [0.15, 0.2) is 18.2 Å². The van der Waals surface area contributed by atoms with E-state index in [4.69, 9.17) is 14.6 Å². The molecule has 0 radical (unpaired) electrons. The van der Waals surface area contributed by atoms with Crippen molar-refractivity contribution >= 4 is 5.97 Å². The molecule has 0 unspecified atom stereocenters. The summed E-state index contributed by atoms with van der Waals surface area (Å²) in [6.45, 7) is -0.295. The summed E-state index contributed by atoms with van der Waals surface area (Å²) in [6, 6.07) is 3.29. The van der Waals surface area contributed by atoms with Crippen LogP contribution in [0.2, 0.25) is 0 Å². The van der Waals surface area contributed by atoms with Crippen LogP contribution in [0.3, 0.4) is 0 Å². The van der Waals surface area contributed by atoms with Crippen molar-refractivity contribution in [2.75, 3.05) is 6.61 Å². The van der Waals surface area contributed by atoms with Gasteiger partial charge in [-0.3, -0.25) is 0 Å². The van der Waals surface area contributed by atoms with Crippen LogP contribution >= 0.6 is 0 Å². The van der Waals surface area contributed by atoms with E-state index in [0.29, 0.717) is 0 Å². The molecule has 8 nitrogen and oxygen atoms in total. The van der Waals surface area contributed by atoms with Crippen LogP contribution in [0, 0.1) is 0 Å². The molecule has 1 aliphatic heterocycles. The lowest BCUT2D eigenvalue weighted by Crippen LogP contribution is -2.54. The molecule has 4 atom stereocenters. The minimum absolute atomic E-state index is 0.0725. The van der Waals surface area contributed by atoms with E-state index in [1.807, 2.05) is 0 Å². The molecule has 110 valence electrons. The zero-order chi connectivity index (χ0) is 14.9. The predicted molar refractivity (Wildman–Crippen MR) is 62.9 cm³/mol. The van der Waals surface area contributed by atoms with E-state index in [1.165, 1.54) is 6.07 Å². The fourth-order valence-corrected chi connectivity index (χ4v) is 1.71. The number of phenolic OH excluding ortho intramolecular Hbond substituents is 2. The van der Waals surface area contributed by atoms with Crippen molar-refractivity contribution < 1.29 is 39.8 Å². The molecule has 1 heterocycles. The maximum Gasteiger partial charge on any atom is 0.340 e. The third-order valence-electron chi connectivity index (χ3n) is 2.89. The number of phenols is 2. The molecule has 2 rings (SSSR count). The van der Waals surface area contributed by atoms with Gasteiger partial charge in [0.1, 0.15) is 18.3 Å². The highest BCUT2D eigenvalue weighted by Crippen LogP contribution is 2.26. The van der Waals surface area contributed by atoms with Crippen molar-refractivity contribution in [3.8, 4) is 11.5 Å². The van der Waals surface area contributed by atoms with Gasteiger partial charge >= 0.3 is 5.97 Å². The second-order valence-electron chi connectivity index (χ2n) is 4.36. The molecular formula is C12H14O8. The molecule has 0 bridgehead atoms. The summed E-state index contributed by atoms with van der Waals surface area (Å²) < 4.78 is 9.73. The van der Waals surface area contributed by atoms with Crippen LogP contribution in [0.5, 0.6) is 11.5 Å². The van der Waals surface area contributed by atoms with E-state index >= 15 is 0 Å². The van der Waals surface area contributed by atoms with E-state index < -0.39 is 42.1 Å². The lowest BCUT2D eigenvalue weighted by atomic mass is 10.1. The van der Waals surface area contributed by atoms with Crippen LogP contribution in [0.4, 0.5) is 0 Å². The van der Waals surface area contributed by atoms with Gasteiger partial charge in [-0.25, -0.2) is 4.79 Å². The van der Waals surface area contributed by atoms with Crippen LogP contribution in [-0.2, 0) is 9.47 Å². The number of ether oxygens (including phenoxy) is 2. The average molecular weight is 286 g/mol. The number of aliphatic hydroxyl groups excluding tert-OH is 3. The van der Waals surface area contributed by atoms with Crippen LogP contribution in [-0.4, -0.2) is 62.7 Å². The quantitative estimate of drug-likeness (QED) is 0.334. The first-order valence-electron chi connectivity index (χ1n) is 5.79. The summed E-state index contributed by atoms with van der Waals surface area (Å²) in [4.78, 5) is 11.8. The topological polar surface area (TPSA) is 137 Å². The normalized spacial score (nSPS) is 29.9. The highest BCUT2D eigenvalue weighted by molar-refractivity contribution is 5.90. The summed E-state index contributed by atoms with van der Waals surface area (Å²) in [5.41, 5.74) is -0.0725. The second kappa shape index (κ2) is 5.63. The first-order valence-corrected chi connectivity index (χ1v) is 5.79. The molecule has 1 aliphatic rings. The number of hydrogen-bond donors (Lipinski definition) is 5. The molecule has 0 spiro atoms. The van der Waals surface area contributed by atoms with Gasteiger partial charge in [0.25, 0.3) is 0 Å². The van der Waals surface area contributed by atoms with Crippen molar-refractivity contribution in [3.05, 3.63) is 23.8 Å². The third-order valence-corrected chi connectivity index (χ3v) is 2.89. The Kier molecular flexibility index (Phi) is 4.09. The average Bonchev–Trinajstić information content (AvgIpc) is 2.42. The number of hydrogen-bond acceptors (Lipinski definition) is 8. The minimum Gasteiger partial charge on any atom is -0.504 e. The Labute approximate surface area is 113 Å². The highest BCUT2D eigenvalue weighted by Gasteiger charge is 2.39. The van der Waals surface area contributed by atoms with Gasteiger partial charge in [-0.05, 0) is 18.2 Å². The summed E-state index contributed by atoms with van der Waals surface area (Å²) in [6.07, 6.45) is -5.78. The van der Waals surface area contributed by atoms with E-state index in [9.17, 15) is 25.2 Å². The number of aromatic hydroxyl groups is 2. The van der Waals surface area contributed by atoms with E-state index in [-0.39, 0.29) is 12.2 Å². The Morgan fingerprint density at radius 2 is 1.85 bits per heavy atom. The molecule has 1 aromatic rings.